The lowest BCUT2D eigenvalue weighted by Crippen LogP contribution is -2.14. The van der Waals surface area contributed by atoms with Crippen molar-refractivity contribution in [2.24, 2.45) is 0 Å². The normalized spacial score (nSPS) is 10.4. The van der Waals surface area contributed by atoms with Gasteiger partial charge in [0.05, 0.1) is 11.4 Å². The molecule has 0 saturated carbocycles. The molecule has 0 heterocycles. The van der Waals surface area contributed by atoms with E-state index in [0.29, 0.717) is 15.8 Å². The first-order valence-electron chi connectivity index (χ1n) is 6.01. The molecule has 5 heteroatoms. The number of hydrogen-bond acceptors (Lipinski definition) is 2. The smallest absolute Gasteiger partial charge is 0.255 e. The molecule has 2 aromatic rings. The summed E-state index contributed by atoms with van der Waals surface area (Å²) in [7, 11) is 0. The van der Waals surface area contributed by atoms with Crippen LogP contribution in [0.3, 0.4) is 0 Å². The molecule has 0 aromatic heterocycles. The number of carbonyl (C=O) groups is 1. The molecular weight excluding hydrogens is 323 g/mol. The summed E-state index contributed by atoms with van der Waals surface area (Å²) in [5.74, 6) is -0.877. The Kier molecular flexibility index (Phi) is 4.09. The summed E-state index contributed by atoms with van der Waals surface area (Å²) in [5, 5.41) is 2.70. The summed E-state index contributed by atoms with van der Waals surface area (Å²) in [6.07, 6.45) is 0. The zero-order valence-corrected chi connectivity index (χ0v) is 12.7. The molecule has 3 nitrogen and oxygen atoms in total. The number of hydrogen-bond donors (Lipinski definition) is 2. The average molecular weight is 337 g/mol. The molecule has 2 rings (SSSR count). The van der Waals surface area contributed by atoms with Crippen LogP contribution in [0.4, 0.5) is 15.8 Å². The summed E-state index contributed by atoms with van der Waals surface area (Å²) < 4.78 is 13.8. The second-order valence-electron chi connectivity index (χ2n) is 4.64. The molecule has 1 amide bonds. The maximum atomic E-state index is 13.3. The fraction of sp³-hybridized carbons (Fsp3) is 0.133. The second kappa shape index (κ2) is 5.63. The van der Waals surface area contributed by atoms with Gasteiger partial charge in [-0.1, -0.05) is 15.9 Å². The summed E-state index contributed by atoms with van der Waals surface area (Å²) in [6.45, 7) is 3.88. The van der Waals surface area contributed by atoms with Crippen LogP contribution in [0.15, 0.2) is 34.8 Å². The van der Waals surface area contributed by atoms with E-state index in [1.54, 1.807) is 18.2 Å². The lowest BCUT2D eigenvalue weighted by atomic mass is 10.1. The van der Waals surface area contributed by atoms with E-state index < -0.39 is 11.7 Å². The number of nitrogens with one attached hydrogen (secondary N) is 1. The van der Waals surface area contributed by atoms with Gasteiger partial charge in [0.2, 0.25) is 0 Å². The van der Waals surface area contributed by atoms with Gasteiger partial charge in [-0.25, -0.2) is 4.39 Å². The van der Waals surface area contributed by atoms with Crippen molar-refractivity contribution in [1.82, 2.24) is 0 Å². The highest BCUT2D eigenvalue weighted by Crippen LogP contribution is 2.24. The number of halogens is 2. The van der Waals surface area contributed by atoms with E-state index in [-0.39, 0.29) is 5.56 Å². The zero-order chi connectivity index (χ0) is 14.9. The van der Waals surface area contributed by atoms with Crippen LogP contribution in [-0.2, 0) is 0 Å². The molecule has 0 spiro atoms. The standard InChI is InChI=1S/C15H14BrFN2O/c1-8-3-13(18)14(4-9(8)2)19-15(20)10-5-11(16)7-12(17)6-10/h3-7H,18H2,1-2H3,(H,19,20). The Labute approximate surface area is 125 Å². The predicted octanol–water partition coefficient (Wildman–Crippen LogP) is 4.04. The number of nitrogen functional groups attached to an aromatic ring is 1. The van der Waals surface area contributed by atoms with Gasteiger partial charge in [-0.05, 0) is 55.3 Å². The molecular formula is C15H14BrFN2O. The number of nitrogens with two attached hydrogens (primary N) is 1. The summed E-state index contributed by atoms with van der Waals surface area (Å²) in [6, 6.07) is 7.62. The molecule has 104 valence electrons. The van der Waals surface area contributed by atoms with Gasteiger partial charge in [-0.3, -0.25) is 4.79 Å². The lowest BCUT2D eigenvalue weighted by molar-refractivity contribution is 0.102. The Bertz CT molecular complexity index is 666. The van der Waals surface area contributed by atoms with Crippen molar-refractivity contribution in [3.63, 3.8) is 0 Å². The molecule has 0 radical (unpaired) electrons. The van der Waals surface area contributed by atoms with Gasteiger partial charge in [-0.15, -0.1) is 0 Å². The topological polar surface area (TPSA) is 55.1 Å². The van der Waals surface area contributed by atoms with Crippen molar-refractivity contribution in [2.45, 2.75) is 13.8 Å². The van der Waals surface area contributed by atoms with E-state index in [1.807, 2.05) is 13.8 Å². The van der Waals surface area contributed by atoms with Gasteiger partial charge in [0.25, 0.3) is 5.91 Å². The average Bonchev–Trinajstić information content (AvgIpc) is 2.34. The van der Waals surface area contributed by atoms with Crippen LogP contribution in [0.2, 0.25) is 0 Å². The highest BCUT2D eigenvalue weighted by atomic mass is 79.9. The Morgan fingerprint density at radius 2 is 1.80 bits per heavy atom. The van der Waals surface area contributed by atoms with Gasteiger partial charge >= 0.3 is 0 Å². The van der Waals surface area contributed by atoms with Crippen molar-refractivity contribution < 1.29 is 9.18 Å². The van der Waals surface area contributed by atoms with Gasteiger partial charge in [0.1, 0.15) is 5.82 Å². The van der Waals surface area contributed by atoms with Crippen molar-refractivity contribution in [3.8, 4) is 0 Å². The van der Waals surface area contributed by atoms with E-state index in [0.717, 1.165) is 11.1 Å². The minimum Gasteiger partial charge on any atom is -0.397 e. The third-order valence-corrected chi connectivity index (χ3v) is 3.50. The molecule has 0 bridgehead atoms. The van der Waals surface area contributed by atoms with Gasteiger partial charge in [0.15, 0.2) is 0 Å². The van der Waals surface area contributed by atoms with Crippen LogP contribution < -0.4 is 11.1 Å². The Morgan fingerprint density at radius 1 is 1.15 bits per heavy atom. The fourth-order valence-electron chi connectivity index (χ4n) is 1.83. The summed E-state index contributed by atoms with van der Waals surface area (Å²) in [5.41, 5.74) is 9.19. The van der Waals surface area contributed by atoms with Crippen molar-refractivity contribution >= 4 is 33.2 Å². The molecule has 0 aliphatic rings. The molecule has 0 aliphatic heterocycles. The highest BCUT2D eigenvalue weighted by molar-refractivity contribution is 9.10. The van der Waals surface area contributed by atoms with E-state index >= 15 is 0 Å². The number of aryl methyl sites for hydroxylation is 2. The monoisotopic (exact) mass is 336 g/mol. The first-order chi connectivity index (χ1) is 9.36. The molecule has 0 atom stereocenters. The first kappa shape index (κ1) is 14.5. The second-order valence-corrected chi connectivity index (χ2v) is 5.55. The SMILES string of the molecule is Cc1cc(N)c(NC(=O)c2cc(F)cc(Br)c2)cc1C. The van der Waals surface area contributed by atoms with Crippen LogP contribution in [0.5, 0.6) is 0 Å². The van der Waals surface area contributed by atoms with Crippen LogP contribution >= 0.6 is 15.9 Å². The van der Waals surface area contributed by atoms with E-state index in [9.17, 15) is 9.18 Å². The zero-order valence-electron chi connectivity index (χ0n) is 11.1. The van der Waals surface area contributed by atoms with Crippen molar-refractivity contribution in [3.05, 3.63) is 57.3 Å². The number of carbonyl (C=O) groups excluding carboxylic acids is 1. The predicted molar refractivity (Wildman–Crippen MR) is 82.4 cm³/mol. The van der Waals surface area contributed by atoms with E-state index in [2.05, 4.69) is 21.2 Å². The van der Waals surface area contributed by atoms with Crippen molar-refractivity contribution in [2.75, 3.05) is 11.1 Å². The van der Waals surface area contributed by atoms with Crippen molar-refractivity contribution in [1.29, 1.82) is 0 Å². The Morgan fingerprint density at radius 3 is 2.45 bits per heavy atom. The first-order valence-corrected chi connectivity index (χ1v) is 6.80. The third kappa shape index (κ3) is 3.17. The molecule has 0 unspecified atom stereocenters. The number of rotatable bonds is 2. The number of benzene rings is 2. The Balaban J connectivity index is 2.30. The molecule has 0 saturated heterocycles. The van der Waals surface area contributed by atoms with E-state index in [4.69, 9.17) is 5.73 Å². The summed E-state index contributed by atoms with van der Waals surface area (Å²) >= 11 is 3.16. The quantitative estimate of drug-likeness (QED) is 0.813. The molecule has 2 aromatic carbocycles. The molecule has 0 fully saturated rings. The van der Waals surface area contributed by atoms with Crippen LogP contribution in [-0.4, -0.2) is 5.91 Å². The maximum Gasteiger partial charge on any atom is 0.255 e. The van der Waals surface area contributed by atoms with Gasteiger partial charge in [0, 0.05) is 10.0 Å². The largest absolute Gasteiger partial charge is 0.397 e. The van der Waals surface area contributed by atoms with Crippen LogP contribution in [0.25, 0.3) is 0 Å². The van der Waals surface area contributed by atoms with Crippen LogP contribution in [0, 0.1) is 19.7 Å². The molecule has 20 heavy (non-hydrogen) atoms. The maximum absolute atomic E-state index is 13.3. The molecule has 3 N–H and O–H groups in total. The Hall–Kier alpha value is -1.88. The number of amides is 1. The third-order valence-electron chi connectivity index (χ3n) is 3.04. The van der Waals surface area contributed by atoms with E-state index in [1.165, 1.54) is 12.1 Å². The highest BCUT2D eigenvalue weighted by Gasteiger charge is 2.11. The molecule has 0 aliphatic carbocycles. The lowest BCUT2D eigenvalue weighted by Gasteiger charge is -2.11. The van der Waals surface area contributed by atoms with Gasteiger partial charge in [-0.2, -0.15) is 0 Å². The fourth-order valence-corrected chi connectivity index (χ4v) is 2.29. The summed E-state index contributed by atoms with van der Waals surface area (Å²) in [4.78, 5) is 12.1. The van der Waals surface area contributed by atoms with Crippen LogP contribution in [0.1, 0.15) is 21.5 Å². The minimum atomic E-state index is -0.474. The van der Waals surface area contributed by atoms with Gasteiger partial charge < -0.3 is 11.1 Å². The minimum absolute atomic E-state index is 0.231. The number of anilines is 2.